The number of rotatable bonds is 10. The summed E-state index contributed by atoms with van der Waals surface area (Å²) >= 11 is 0. The Morgan fingerprint density at radius 3 is 2.06 bits per heavy atom. The van der Waals surface area contributed by atoms with Gasteiger partial charge < -0.3 is 23.5 Å². The van der Waals surface area contributed by atoms with Crippen molar-refractivity contribution in [1.82, 2.24) is 15.1 Å². The van der Waals surface area contributed by atoms with Crippen molar-refractivity contribution in [2.75, 3.05) is 26.9 Å². The summed E-state index contributed by atoms with van der Waals surface area (Å²) in [5.41, 5.74) is 3.06. The average Bonchev–Trinajstić information content (AvgIpc) is 3.36. The molecule has 176 valence electrons. The van der Waals surface area contributed by atoms with Crippen LogP contribution in [0.5, 0.6) is 23.1 Å². The Morgan fingerprint density at radius 2 is 1.44 bits per heavy atom. The standard InChI is InChI=1S/C26H27N3O5/c1-5-31-21-15-18(16-22(32-6-2)23(21)33-7-3)25-28-24(29-34-25)19-13-14-20(27-26(19)30-4)17-11-9-8-10-12-17/h8-16H,5-7H2,1-4H3. The summed E-state index contributed by atoms with van der Waals surface area (Å²) in [5, 5.41) is 4.16. The zero-order chi connectivity index (χ0) is 23.9. The van der Waals surface area contributed by atoms with Crippen LogP contribution < -0.4 is 18.9 Å². The molecule has 0 aliphatic heterocycles. The predicted octanol–water partition coefficient (Wildman–Crippen LogP) is 5.67. The fourth-order valence-electron chi connectivity index (χ4n) is 3.50. The van der Waals surface area contributed by atoms with Crippen molar-refractivity contribution in [3.63, 3.8) is 0 Å². The molecule has 4 rings (SSSR count). The molecule has 0 radical (unpaired) electrons. The lowest BCUT2D eigenvalue weighted by molar-refractivity contribution is 0.261. The van der Waals surface area contributed by atoms with E-state index in [4.69, 9.17) is 23.5 Å². The van der Waals surface area contributed by atoms with Crippen molar-refractivity contribution in [1.29, 1.82) is 0 Å². The molecule has 2 aromatic carbocycles. The molecule has 8 heteroatoms. The van der Waals surface area contributed by atoms with Gasteiger partial charge in [0.05, 0.1) is 38.2 Å². The van der Waals surface area contributed by atoms with Gasteiger partial charge in [-0.05, 0) is 45.0 Å². The molecular formula is C26H27N3O5. The topological polar surface area (TPSA) is 88.7 Å². The second-order valence-corrected chi connectivity index (χ2v) is 7.14. The first-order valence-electron chi connectivity index (χ1n) is 11.2. The molecule has 8 nitrogen and oxygen atoms in total. The fraction of sp³-hybridized carbons (Fsp3) is 0.269. The van der Waals surface area contributed by atoms with Crippen LogP contribution in [-0.2, 0) is 0 Å². The van der Waals surface area contributed by atoms with E-state index in [9.17, 15) is 0 Å². The number of nitrogens with zero attached hydrogens (tertiary/aromatic N) is 3. The Morgan fingerprint density at radius 1 is 0.765 bits per heavy atom. The molecule has 0 aliphatic carbocycles. The van der Waals surface area contributed by atoms with Crippen LogP contribution in [0.25, 0.3) is 34.1 Å². The van der Waals surface area contributed by atoms with Gasteiger partial charge in [0.15, 0.2) is 11.5 Å². The van der Waals surface area contributed by atoms with Crippen LogP contribution in [0.3, 0.4) is 0 Å². The molecule has 2 heterocycles. The summed E-state index contributed by atoms with van der Waals surface area (Å²) in [5.74, 6) is 2.74. The van der Waals surface area contributed by atoms with Crippen LogP contribution in [0, 0.1) is 0 Å². The smallest absolute Gasteiger partial charge is 0.258 e. The maximum absolute atomic E-state index is 5.80. The quantitative estimate of drug-likeness (QED) is 0.298. The maximum atomic E-state index is 5.80. The number of ether oxygens (including phenoxy) is 4. The molecule has 34 heavy (non-hydrogen) atoms. The lowest BCUT2D eigenvalue weighted by Crippen LogP contribution is -2.03. The van der Waals surface area contributed by atoms with Crippen LogP contribution in [0.1, 0.15) is 20.8 Å². The van der Waals surface area contributed by atoms with Gasteiger partial charge in [-0.15, -0.1) is 0 Å². The van der Waals surface area contributed by atoms with E-state index in [1.807, 2.05) is 75.4 Å². The summed E-state index contributed by atoms with van der Waals surface area (Å²) < 4.78 is 28.5. The van der Waals surface area contributed by atoms with Gasteiger partial charge in [-0.25, -0.2) is 4.98 Å². The second kappa shape index (κ2) is 10.7. The summed E-state index contributed by atoms with van der Waals surface area (Å²) in [6.07, 6.45) is 0. The first-order valence-corrected chi connectivity index (χ1v) is 11.2. The number of aromatic nitrogens is 3. The third-order valence-corrected chi connectivity index (χ3v) is 4.95. The molecule has 0 unspecified atom stereocenters. The highest BCUT2D eigenvalue weighted by molar-refractivity contribution is 5.70. The van der Waals surface area contributed by atoms with Gasteiger partial charge in [-0.3, -0.25) is 0 Å². The minimum absolute atomic E-state index is 0.314. The SMILES string of the molecule is CCOc1cc(-c2nc(-c3ccc(-c4ccccc4)nc3OC)no2)cc(OCC)c1OCC. The highest BCUT2D eigenvalue weighted by Gasteiger charge is 2.21. The number of methoxy groups -OCH3 is 1. The van der Waals surface area contributed by atoms with Gasteiger partial charge in [0.1, 0.15) is 0 Å². The number of benzene rings is 2. The molecule has 0 N–H and O–H groups in total. The Kier molecular flexibility index (Phi) is 7.27. The van der Waals surface area contributed by atoms with Gasteiger partial charge >= 0.3 is 0 Å². The molecule has 0 amide bonds. The van der Waals surface area contributed by atoms with E-state index in [-0.39, 0.29) is 0 Å². The Bertz CT molecular complexity index is 1210. The zero-order valence-electron chi connectivity index (χ0n) is 19.7. The van der Waals surface area contributed by atoms with Crippen molar-refractivity contribution in [3.8, 4) is 57.2 Å². The average molecular weight is 462 g/mol. The van der Waals surface area contributed by atoms with Crippen LogP contribution in [0.4, 0.5) is 0 Å². The molecule has 0 atom stereocenters. The van der Waals surface area contributed by atoms with Crippen LogP contribution >= 0.6 is 0 Å². The molecule has 4 aromatic rings. The van der Waals surface area contributed by atoms with E-state index >= 15 is 0 Å². The predicted molar refractivity (Wildman–Crippen MR) is 128 cm³/mol. The minimum Gasteiger partial charge on any atom is -0.490 e. The largest absolute Gasteiger partial charge is 0.490 e. The highest BCUT2D eigenvalue weighted by atomic mass is 16.5. The molecule has 0 bridgehead atoms. The molecule has 0 fully saturated rings. The zero-order valence-corrected chi connectivity index (χ0v) is 19.7. The van der Waals surface area contributed by atoms with Gasteiger partial charge in [-0.2, -0.15) is 4.98 Å². The minimum atomic E-state index is 0.314. The van der Waals surface area contributed by atoms with Crippen molar-refractivity contribution >= 4 is 0 Å². The fourth-order valence-corrected chi connectivity index (χ4v) is 3.50. The number of hydrogen-bond acceptors (Lipinski definition) is 8. The molecular weight excluding hydrogens is 434 g/mol. The summed E-state index contributed by atoms with van der Waals surface area (Å²) in [7, 11) is 1.57. The summed E-state index contributed by atoms with van der Waals surface area (Å²) in [6, 6.07) is 17.3. The number of hydrogen-bond donors (Lipinski definition) is 0. The Hall–Kier alpha value is -4.07. The van der Waals surface area contributed by atoms with Crippen molar-refractivity contribution in [3.05, 3.63) is 54.6 Å². The Labute approximate surface area is 198 Å². The Balaban J connectivity index is 1.72. The summed E-state index contributed by atoms with van der Waals surface area (Å²) in [4.78, 5) is 9.22. The maximum Gasteiger partial charge on any atom is 0.258 e. The molecule has 0 aliphatic rings. The van der Waals surface area contributed by atoms with E-state index in [0.29, 0.717) is 65.8 Å². The van der Waals surface area contributed by atoms with Crippen LogP contribution in [0.2, 0.25) is 0 Å². The first kappa shape index (κ1) is 23.1. The van der Waals surface area contributed by atoms with Crippen molar-refractivity contribution in [2.45, 2.75) is 20.8 Å². The lowest BCUT2D eigenvalue weighted by atomic mass is 10.1. The van der Waals surface area contributed by atoms with E-state index < -0.39 is 0 Å². The lowest BCUT2D eigenvalue weighted by Gasteiger charge is -2.16. The number of pyridine rings is 1. The third-order valence-electron chi connectivity index (χ3n) is 4.95. The van der Waals surface area contributed by atoms with E-state index in [2.05, 4.69) is 15.1 Å². The van der Waals surface area contributed by atoms with Gasteiger partial charge in [0.2, 0.25) is 17.5 Å². The van der Waals surface area contributed by atoms with Gasteiger partial charge in [0, 0.05) is 11.1 Å². The molecule has 2 aromatic heterocycles. The van der Waals surface area contributed by atoms with Gasteiger partial charge in [0.25, 0.3) is 5.89 Å². The van der Waals surface area contributed by atoms with E-state index in [0.717, 1.165) is 11.3 Å². The normalized spacial score (nSPS) is 10.7. The molecule has 0 spiro atoms. The van der Waals surface area contributed by atoms with Gasteiger partial charge in [-0.1, -0.05) is 35.5 Å². The molecule has 0 saturated heterocycles. The van der Waals surface area contributed by atoms with Crippen molar-refractivity contribution < 1.29 is 23.5 Å². The highest BCUT2D eigenvalue weighted by Crippen LogP contribution is 2.42. The molecule has 0 saturated carbocycles. The van der Waals surface area contributed by atoms with E-state index in [1.54, 1.807) is 7.11 Å². The third kappa shape index (κ3) is 4.80. The van der Waals surface area contributed by atoms with Crippen LogP contribution in [-0.4, -0.2) is 42.1 Å². The second-order valence-electron chi connectivity index (χ2n) is 7.14. The summed E-state index contributed by atoms with van der Waals surface area (Å²) in [6.45, 7) is 7.16. The monoisotopic (exact) mass is 461 g/mol. The van der Waals surface area contributed by atoms with Crippen molar-refractivity contribution in [2.24, 2.45) is 0 Å². The van der Waals surface area contributed by atoms with E-state index in [1.165, 1.54) is 0 Å². The first-order chi connectivity index (χ1) is 16.7. The van der Waals surface area contributed by atoms with Crippen LogP contribution in [0.15, 0.2) is 59.1 Å².